The molecule has 1 amide bonds. The van der Waals surface area contributed by atoms with Gasteiger partial charge in [0.25, 0.3) is 0 Å². The van der Waals surface area contributed by atoms with E-state index in [1.165, 1.54) is 12.8 Å². The number of nitrogens with one attached hydrogen (secondary N) is 2. The van der Waals surface area contributed by atoms with Gasteiger partial charge in [0.2, 0.25) is 5.91 Å². The van der Waals surface area contributed by atoms with Gasteiger partial charge < -0.3 is 15.4 Å². The molecular formula is C17H25BrN2O2. The lowest BCUT2D eigenvalue weighted by Gasteiger charge is -2.22. The Labute approximate surface area is 141 Å². The van der Waals surface area contributed by atoms with Gasteiger partial charge in [-0.1, -0.05) is 15.9 Å². The van der Waals surface area contributed by atoms with Gasteiger partial charge in [-0.2, -0.15) is 0 Å². The average Bonchev–Trinajstić information content (AvgIpc) is 2.55. The molecule has 1 heterocycles. The number of piperidine rings is 1. The Bertz CT molecular complexity index is 444. The van der Waals surface area contributed by atoms with Crippen molar-refractivity contribution in [2.75, 3.05) is 26.2 Å². The molecule has 2 N–H and O–H groups in total. The molecule has 0 spiro atoms. The first-order valence-corrected chi connectivity index (χ1v) is 8.89. The molecule has 1 aromatic rings. The third-order valence-electron chi connectivity index (χ3n) is 3.87. The normalized spacial score (nSPS) is 18.0. The zero-order valence-corrected chi connectivity index (χ0v) is 14.5. The molecule has 1 aliphatic heterocycles. The number of hydrogen-bond donors (Lipinski definition) is 2. The standard InChI is InChI=1S/C17H25BrN2O2/c18-15-6-8-16(9-7-15)22-11-2-1-5-17(21)20-13-14-4-3-10-19-12-14/h6-9,14,19H,1-5,10-13H2,(H,20,21). The van der Waals surface area contributed by atoms with Crippen LogP contribution in [-0.4, -0.2) is 32.1 Å². The second kappa shape index (κ2) is 9.85. The number of hydrogen-bond acceptors (Lipinski definition) is 3. The fraction of sp³-hybridized carbons (Fsp3) is 0.588. The summed E-state index contributed by atoms with van der Waals surface area (Å²) in [6.45, 7) is 3.60. The molecule has 0 radical (unpaired) electrons. The van der Waals surface area contributed by atoms with Gasteiger partial charge in [-0.05, 0) is 69.0 Å². The highest BCUT2D eigenvalue weighted by Crippen LogP contribution is 2.16. The SMILES string of the molecule is O=C(CCCCOc1ccc(Br)cc1)NCC1CCCNC1. The molecule has 0 aliphatic carbocycles. The monoisotopic (exact) mass is 368 g/mol. The van der Waals surface area contributed by atoms with Gasteiger partial charge in [-0.15, -0.1) is 0 Å². The molecule has 22 heavy (non-hydrogen) atoms. The minimum Gasteiger partial charge on any atom is -0.494 e. The molecule has 1 fully saturated rings. The summed E-state index contributed by atoms with van der Waals surface area (Å²) in [4.78, 5) is 11.8. The maximum atomic E-state index is 11.8. The Morgan fingerprint density at radius 1 is 1.32 bits per heavy atom. The Morgan fingerprint density at radius 3 is 2.86 bits per heavy atom. The van der Waals surface area contributed by atoms with E-state index in [1.807, 2.05) is 24.3 Å². The zero-order valence-electron chi connectivity index (χ0n) is 12.9. The fourth-order valence-electron chi connectivity index (χ4n) is 2.55. The van der Waals surface area contributed by atoms with E-state index in [1.54, 1.807) is 0 Å². The van der Waals surface area contributed by atoms with Crippen molar-refractivity contribution in [1.82, 2.24) is 10.6 Å². The molecule has 2 rings (SSSR count). The Morgan fingerprint density at radius 2 is 2.14 bits per heavy atom. The number of carbonyl (C=O) groups excluding carboxylic acids is 1. The number of unbranched alkanes of at least 4 members (excludes halogenated alkanes) is 1. The third-order valence-corrected chi connectivity index (χ3v) is 4.40. The van der Waals surface area contributed by atoms with E-state index in [0.717, 1.165) is 42.7 Å². The van der Waals surface area contributed by atoms with Gasteiger partial charge in [-0.3, -0.25) is 4.79 Å². The second-order valence-electron chi connectivity index (χ2n) is 5.78. The van der Waals surface area contributed by atoms with E-state index in [9.17, 15) is 4.79 Å². The number of halogens is 1. The van der Waals surface area contributed by atoms with Crippen LogP contribution in [0, 0.1) is 5.92 Å². The molecule has 5 heteroatoms. The quantitative estimate of drug-likeness (QED) is 0.693. The van der Waals surface area contributed by atoms with Crippen LogP contribution in [0.15, 0.2) is 28.7 Å². The summed E-state index contributed by atoms with van der Waals surface area (Å²) in [6.07, 6.45) is 4.78. The van der Waals surface area contributed by atoms with Crippen molar-refractivity contribution in [1.29, 1.82) is 0 Å². The van der Waals surface area contributed by atoms with E-state index < -0.39 is 0 Å². The molecule has 1 aliphatic rings. The van der Waals surface area contributed by atoms with Crippen molar-refractivity contribution in [3.8, 4) is 5.75 Å². The van der Waals surface area contributed by atoms with Gasteiger partial charge in [0, 0.05) is 17.4 Å². The van der Waals surface area contributed by atoms with Crippen molar-refractivity contribution < 1.29 is 9.53 Å². The number of benzene rings is 1. The summed E-state index contributed by atoms with van der Waals surface area (Å²) in [5.41, 5.74) is 0. The maximum Gasteiger partial charge on any atom is 0.220 e. The van der Waals surface area contributed by atoms with E-state index >= 15 is 0 Å². The predicted molar refractivity (Wildman–Crippen MR) is 92.1 cm³/mol. The van der Waals surface area contributed by atoms with Crippen LogP contribution >= 0.6 is 15.9 Å². The Hall–Kier alpha value is -1.07. The van der Waals surface area contributed by atoms with Crippen LogP contribution in [-0.2, 0) is 4.79 Å². The molecule has 0 bridgehead atoms. The highest BCUT2D eigenvalue weighted by molar-refractivity contribution is 9.10. The van der Waals surface area contributed by atoms with Crippen LogP contribution in [0.3, 0.4) is 0 Å². The molecule has 0 aromatic heterocycles. The summed E-state index contributed by atoms with van der Waals surface area (Å²) < 4.78 is 6.68. The number of amides is 1. The van der Waals surface area contributed by atoms with Crippen LogP contribution in [0.1, 0.15) is 32.1 Å². The third kappa shape index (κ3) is 6.79. The fourth-order valence-corrected chi connectivity index (χ4v) is 2.82. The summed E-state index contributed by atoms with van der Waals surface area (Å²) in [7, 11) is 0. The summed E-state index contributed by atoms with van der Waals surface area (Å²) in [6, 6.07) is 7.80. The van der Waals surface area contributed by atoms with Crippen LogP contribution in [0.2, 0.25) is 0 Å². The number of rotatable bonds is 8. The summed E-state index contributed by atoms with van der Waals surface area (Å²) in [5, 5.41) is 6.41. The molecule has 1 atom stereocenters. The minimum absolute atomic E-state index is 0.161. The second-order valence-corrected chi connectivity index (χ2v) is 6.69. The molecule has 0 saturated carbocycles. The van der Waals surface area contributed by atoms with Crippen LogP contribution < -0.4 is 15.4 Å². The predicted octanol–water partition coefficient (Wildman–Crippen LogP) is 3.11. The molecule has 122 valence electrons. The van der Waals surface area contributed by atoms with Crippen molar-refractivity contribution in [3.05, 3.63) is 28.7 Å². The van der Waals surface area contributed by atoms with Gasteiger partial charge in [0.1, 0.15) is 5.75 Å². The summed E-state index contributed by atoms with van der Waals surface area (Å²) in [5.74, 6) is 1.63. The van der Waals surface area contributed by atoms with Gasteiger partial charge in [0.15, 0.2) is 0 Å². The van der Waals surface area contributed by atoms with Crippen LogP contribution in [0.25, 0.3) is 0 Å². The van der Waals surface area contributed by atoms with Crippen molar-refractivity contribution in [2.24, 2.45) is 5.92 Å². The largest absolute Gasteiger partial charge is 0.494 e. The van der Waals surface area contributed by atoms with Crippen molar-refractivity contribution in [3.63, 3.8) is 0 Å². The van der Waals surface area contributed by atoms with E-state index in [2.05, 4.69) is 26.6 Å². The highest BCUT2D eigenvalue weighted by Gasteiger charge is 2.13. The average molecular weight is 369 g/mol. The van der Waals surface area contributed by atoms with Crippen molar-refractivity contribution >= 4 is 21.8 Å². The first-order chi connectivity index (χ1) is 10.7. The Kier molecular flexibility index (Phi) is 7.74. The van der Waals surface area contributed by atoms with Gasteiger partial charge >= 0.3 is 0 Å². The zero-order chi connectivity index (χ0) is 15.6. The number of carbonyl (C=O) groups is 1. The van der Waals surface area contributed by atoms with Crippen LogP contribution in [0.5, 0.6) is 5.75 Å². The molecule has 1 unspecified atom stereocenters. The maximum absolute atomic E-state index is 11.8. The van der Waals surface area contributed by atoms with Crippen molar-refractivity contribution in [2.45, 2.75) is 32.1 Å². The lowest BCUT2D eigenvalue weighted by molar-refractivity contribution is -0.121. The van der Waals surface area contributed by atoms with Gasteiger partial charge in [0.05, 0.1) is 6.61 Å². The molecule has 1 saturated heterocycles. The topological polar surface area (TPSA) is 50.4 Å². The Balaban J connectivity index is 1.49. The number of ether oxygens (including phenoxy) is 1. The smallest absolute Gasteiger partial charge is 0.220 e. The van der Waals surface area contributed by atoms with E-state index in [-0.39, 0.29) is 5.91 Å². The van der Waals surface area contributed by atoms with Gasteiger partial charge in [-0.25, -0.2) is 0 Å². The molecular weight excluding hydrogens is 344 g/mol. The van der Waals surface area contributed by atoms with E-state index in [0.29, 0.717) is 18.9 Å². The molecule has 1 aromatic carbocycles. The highest BCUT2D eigenvalue weighted by atomic mass is 79.9. The lowest BCUT2D eigenvalue weighted by atomic mass is 10.00. The minimum atomic E-state index is 0.161. The summed E-state index contributed by atoms with van der Waals surface area (Å²) >= 11 is 3.39. The molecule has 4 nitrogen and oxygen atoms in total. The van der Waals surface area contributed by atoms with E-state index in [4.69, 9.17) is 4.74 Å². The first-order valence-electron chi connectivity index (χ1n) is 8.10. The first kappa shape index (κ1) is 17.3. The lowest BCUT2D eigenvalue weighted by Crippen LogP contribution is -2.38. The van der Waals surface area contributed by atoms with Crippen LogP contribution in [0.4, 0.5) is 0 Å².